The van der Waals surface area contributed by atoms with Crippen LogP contribution in [0.15, 0.2) is 42.5 Å². The Balaban J connectivity index is 1.35. The van der Waals surface area contributed by atoms with E-state index in [9.17, 15) is 14.0 Å². The number of amides is 2. The minimum atomic E-state index is -0.337. The Labute approximate surface area is 167 Å². The van der Waals surface area contributed by atoms with Gasteiger partial charge in [-0.2, -0.15) is 0 Å². The van der Waals surface area contributed by atoms with Crippen molar-refractivity contribution in [2.24, 2.45) is 5.92 Å². The number of nitrogens with one attached hydrogen (secondary N) is 1. The molecule has 2 aromatic carbocycles. The summed E-state index contributed by atoms with van der Waals surface area (Å²) in [6.07, 6.45) is 2.32. The second kappa shape index (κ2) is 7.80. The van der Waals surface area contributed by atoms with Crippen LogP contribution in [0.1, 0.15) is 24.8 Å². The van der Waals surface area contributed by atoms with Crippen LogP contribution in [-0.4, -0.2) is 29.3 Å². The maximum atomic E-state index is 13.2. The Hall–Kier alpha value is -2.60. The van der Waals surface area contributed by atoms with Crippen molar-refractivity contribution in [1.29, 1.82) is 0 Å². The lowest BCUT2D eigenvalue weighted by molar-refractivity contribution is -0.128. The molecule has 1 heterocycles. The van der Waals surface area contributed by atoms with Gasteiger partial charge in [0.25, 0.3) is 0 Å². The molecule has 1 aliphatic carbocycles. The van der Waals surface area contributed by atoms with Gasteiger partial charge in [0.2, 0.25) is 11.8 Å². The zero-order chi connectivity index (χ0) is 19.7. The largest absolute Gasteiger partial charge is 0.487 e. The molecule has 1 unspecified atom stereocenters. The first-order valence-corrected chi connectivity index (χ1v) is 9.64. The van der Waals surface area contributed by atoms with E-state index in [0.717, 1.165) is 12.8 Å². The van der Waals surface area contributed by atoms with Crippen molar-refractivity contribution in [3.8, 4) is 5.75 Å². The van der Waals surface area contributed by atoms with Crippen LogP contribution in [-0.2, 0) is 16.2 Å². The molecule has 0 spiro atoms. The van der Waals surface area contributed by atoms with Crippen molar-refractivity contribution in [1.82, 2.24) is 4.90 Å². The minimum absolute atomic E-state index is 0.0572. The van der Waals surface area contributed by atoms with E-state index in [1.807, 2.05) is 4.90 Å². The van der Waals surface area contributed by atoms with Crippen molar-refractivity contribution in [3.05, 3.63) is 58.9 Å². The molecule has 1 atom stereocenters. The first-order chi connectivity index (χ1) is 13.5. The molecule has 28 heavy (non-hydrogen) atoms. The Bertz CT molecular complexity index is 916. The first kappa shape index (κ1) is 18.7. The number of nitrogens with zero attached hydrogens (tertiary/aromatic N) is 1. The van der Waals surface area contributed by atoms with Gasteiger partial charge < -0.3 is 15.0 Å². The van der Waals surface area contributed by atoms with Gasteiger partial charge in [-0.05, 0) is 48.7 Å². The van der Waals surface area contributed by atoms with Crippen LogP contribution in [0.5, 0.6) is 5.75 Å². The van der Waals surface area contributed by atoms with Crippen molar-refractivity contribution in [2.45, 2.75) is 31.9 Å². The Kier molecular flexibility index (Phi) is 5.22. The Morgan fingerprint density at radius 1 is 1.25 bits per heavy atom. The number of rotatable bonds is 6. The highest BCUT2D eigenvalue weighted by atomic mass is 35.5. The summed E-state index contributed by atoms with van der Waals surface area (Å²) in [7, 11) is 0. The Morgan fingerprint density at radius 3 is 2.79 bits per heavy atom. The highest BCUT2D eigenvalue weighted by Gasteiger charge is 2.41. The molecule has 2 amide bonds. The summed E-state index contributed by atoms with van der Waals surface area (Å²) in [6, 6.07) is 11.4. The Morgan fingerprint density at radius 2 is 2.07 bits per heavy atom. The molecule has 0 bridgehead atoms. The molecule has 1 N–H and O–H groups in total. The molecular formula is C21H20ClFN2O3. The van der Waals surface area contributed by atoms with Crippen molar-refractivity contribution in [2.75, 3.05) is 11.9 Å². The van der Waals surface area contributed by atoms with Gasteiger partial charge in [0.1, 0.15) is 18.2 Å². The lowest BCUT2D eigenvalue weighted by Crippen LogP contribution is -2.29. The maximum absolute atomic E-state index is 13.2. The van der Waals surface area contributed by atoms with Crippen LogP contribution in [0, 0.1) is 11.7 Å². The van der Waals surface area contributed by atoms with E-state index in [4.69, 9.17) is 16.3 Å². The third-order valence-corrected chi connectivity index (χ3v) is 5.30. The quantitative estimate of drug-likeness (QED) is 0.794. The first-order valence-electron chi connectivity index (χ1n) is 9.27. The zero-order valence-corrected chi connectivity index (χ0v) is 15.9. The van der Waals surface area contributed by atoms with Gasteiger partial charge >= 0.3 is 0 Å². The number of hydrogen-bond donors (Lipinski definition) is 1. The van der Waals surface area contributed by atoms with E-state index in [0.29, 0.717) is 34.6 Å². The van der Waals surface area contributed by atoms with Gasteiger partial charge in [-0.15, -0.1) is 0 Å². The molecule has 4 rings (SSSR count). The van der Waals surface area contributed by atoms with E-state index in [1.54, 1.807) is 30.3 Å². The van der Waals surface area contributed by atoms with Crippen LogP contribution < -0.4 is 10.1 Å². The van der Waals surface area contributed by atoms with E-state index in [2.05, 4.69) is 5.32 Å². The summed E-state index contributed by atoms with van der Waals surface area (Å²) in [6.45, 7) is 0.669. The highest BCUT2D eigenvalue weighted by Crippen LogP contribution is 2.33. The standard InChI is InChI=1S/C21H20ClFN2O3/c22-18-10-16(4-7-19(18)28-12-13-2-1-3-15(23)8-13)24-21(27)14-9-20(26)25(11-14)17-5-6-17/h1-4,7-8,10,14,17H,5-6,9,11-12H2,(H,24,27). The van der Waals surface area contributed by atoms with E-state index in [-0.39, 0.29) is 36.6 Å². The van der Waals surface area contributed by atoms with Gasteiger partial charge in [0, 0.05) is 24.7 Å². The molecule has 0 radical (unpaired) electrons. The topological polar surface area (TPSA) is 58.6 Å². The number of halogens is 2. The lowest BCUT2D eigenvalue weighted by atomic mass is 10.1. The fraction of sp³-hybridized carbons (Fsp3) is 0.333. The molecule has 1 saturated heterocycles. The summed E-state index contributed by atoms with van der Waals surface area (Å²) in [5.74, 6) is -0.339. The third kappa shape index (κ3) is 4.28. The molecular weight excluding hydrogens is 383 g/mol. The van der Waals surface area contributed by atoms with E-state index in [1.165, 1.54) is 12.1 Å². The smallest absolute Gasteiger partial charge is 0.229 e. The predicted molar refractivity (Wildman–Crippen MR) is 104 cm³/mol. The van der Waals surface area contributed by atoms with Crippen LogP contribution in [0.2, 0.25) is 5.02 Å². The fourth-order valence-electron chi connectivity index (χ4n) is 3.37. The predicted octanol–water partition coefficient (Wildman–Crippen LogP) is 4.01. The molecule has 1 aliphatic heterocycles. The molecule has 1 saturated carbocycles. The number of carbonyl (C=O) groups excluding carboxylic acids is 2. The van der Waals surface area contributed by atoms with Gasteiger partial charge in [-0.1, -0.05) is 23.7 Å². The molecule has 0 aromatic heterocycles. The second-order valence-electron chi connectivity index (χ2n) is 7.23. The molecule has 146 valence electrons. The van der Waals surface area contributed by atoms with Crippen LogP contribution in [0.3, 0.4) is 0 Å². The highest BCUT2D eigenvalue weighted by molar-refractivity contribution is 6.32. The van der Waals surface area contributed by atoms with E-state index < -0.39 is 0 Å². The number of ether oxygens (including phenoxy) is 1. The monoisotopic (exact) mass is 402 g/mol. The fourth-order valence-corrected chi connectivity index (χ4v) is 3.61. The lowest BCUT2D eigenvalue weighted by Gasteiger charge is -2.15. The summed E-state index contributed by atoms with van der Waals surface area (Å²) in [4.78, 5) is 26.3. The number of anilines is 1. The van der Waals surface area contributed by atoms with Crippen molar-refractivity contribution in [3.63, 3.8) is 0 Å². The zero-order valence-electron chi connectivity index (χ0n) is 15.2. The number of hydrogen-bond acceptors (Lipinski definition) is 3. The molecule has 2 aliphatic rings. The summed E-state index contributed by atoms with van der Waals surface area (Å²) in [5.41, 5.74) is 1.24. The number of carbonyl (C=O) groups is 2. The average molecular weight is 403 g/mol. The SMILES string of the molecule is O=C(Nc1ccc(OCc2cccc(F)c2)c(Cl)c1)C1CC(=O)N(C2CC2)C1. The van der Waals surface area contributed by atoms with Gasteiger partial charge in [-0.25, -0.2) is 4.39 Å². The third-order valence-electron chi connectivity index (χ3n) is 5.00. The van der Waals surface area contributed by atoms with Crippen LogP contribution >= 0.6 is 11.6 Å². The molecule has 7 heteroatoms. The van der Waals surface area contributed by atoms with Crippen LogP contribution in [0.4, 0.5) is 10.1 Å². The minimum Gasteiger partial charge on any atom is -0.487 e. The van der Waals surface area contributed by atoms with Crippen molar-refractivity contribution >= 4 is 29.1 Å². The van der Waals surface area contributed by atoms with E-state index >= 15 is 0 Å². The molecule has 2 fully saturated rings. The maximum Gasteiger partial charge on any atom is 0.229 e. The number of likely N-dealkylation sites (tertiary alicyclic amines) is 1. The van der Waals surface area contributed by atoms with Gasteiger partial charge in [0.05, 0.1) is 10.9 Å². The summed E-state index contributed by atoms with van der Waals surface area (Å²) in [5, 5.41) is 3.17. The number of benzene rings is 2. The second-order valence-corrected chi connectivity index (χ2v) is 7.64. The van der Waals surface area contributed by atoms with Crippen molar-refractivity contribution < 1.29 is 18.7 Å². The normalized spacial score (nSPS) is 19.0. The summed E-state index contributed by atoms with van der Waals surface area (Å²) >= 11 is 6.25. The van der Waals surface area contributed by atoms with Gasteiger partial charge in [-0.3, -0.25) is 9.59 Å². The molecule has 5 nitrogen and oxygen atoms in total. The average Bonchev–Trinajstić information content (AvgIpc) is 3.43. The van der Waals surface area contributed by atoms with Gasteiger partial charge in [0.15, 0.2) is 0 Å². The summed E-state index contributed by atoms with van der Waals surface area (Å²) < 4.78 is 18.9. The van der Waals surface area contributed by atoms with Crippen LogP contribution in [0.25, 0.3) is 0 Å². The molecule has 2 aromatic rings.